The third-order valence-electron chi connectivity index (χ3n) is 7.00. The molecule has 8 heteroatoms. The van der Waals surface area contributed by atoms with Crippen LogP contribution in [0.25, 0.3) is 0 Å². The molecule has 4 unspecified atom stereocenters. The van der Waals surface area contributed by atoms with Crippen molar-refractivity contribution in [2.75, 3.05) is 13.1 Å². The lowest BCUT2D eigenvalue weighted by Gasteiger charge is -2.43. The molecule has 30 heavy (non-hydrogen) atoms. The second-order valence-corrected chi connectivity index (χ2v) is 8.91. The molecule has 0 aromatic heterocycles. The van der Waals surface area contributed by atoms with Crippen molar-refractivity contribution >= 4 is 23.6 Å². The number of piperidine rings is 3. The number of benzene rings is 1. The van der Waals surface area contributed by atoms with E-state index in [2.05, 4.69) is 16.0 Å². The molecule has 0 spiro atoms. The smallest absolute Gasteiger partial charge is 0.262 e. The van der Waals surface area contributed by atoms with E-state index in [1.807, 2.05) is 6.07 Å². The predicted octanol–water partition coefficient (Wildman–Crippen LogP) is 0.566. The van der Waals surface area contributed by atoms with Crippen LogP contribution < -0.4 is 16.0 Å². The van der Waals surface area contributed by atoms with Gasteiger partial charge in [-0.1, -0.05) is 6.07 Å². The Morgan fingerprint density at radius 2 is 1.87 bits per heavy atom. The monoisotopic (exact) mass is 410 g/mol. The molecular weight excluding hydrogens is 384 g/mol. The summed E-state index contributed by atoms with van der Waals surface area (Å²) in [7, 11) is 0. The molecule has 4 heterocycles. The van der Waals surface area contributed by atoms with E-state index in [9.17, 15) is 19.2 Å². The Balaban J connectivity index is 1.24. The minimum Gasteiger partial charge on any atom is -0.313 e. The van der Waals surface area contributed by atoms with Crippen molar-refractivity contribution in [3.63, 3.8) is 0 Å². The molecule has 4 atom stereocenters. The summed E-state index contributed by atoms with van der Waals surface area (Å²) in [5.74, 6) is -0.448. The van der Waals surface area contributed by atoms with Crippen LogP contribution in [0.4, 0.5) is 0 Å². The fourth-order valence-electron chi connectivity index (χ4n) is 5.39. The van der Waals surface area contributed by atoms with Crippen LogP contribution in [0.15, 0.2) is 18.2 Å². The van der Waals surface area contributed by atoms with E-state index in [-0.39, 0.29) is 18.7 Å². The van der Waals surface area contributed by atoms with Crippen molar-refractivity contribution in [2.45, 2.75) is 50.7 Å². The van der Waals surface area contributed by atoms with Gasteiger partial charge in [-0.3, -0.25) is 29.4 Å². The maximum Gasteiger partial charge on any atom is 0.262 e. The first-order chi connectivity index (χ1) is 14.5. The van der Waals surface area contributed by atoms with Gasteiger partial charge in [-0.05, 0) is 68.3 Å². The molecule has 2 bridgehead atoms. The number of amides is 4. The van der Waals surface area contributed by atoms with Crippen LogP contribution in [0.1, 0.15) is 58.4 Å². The van der Waals surface area contributed by atoms with Crippen LogP contribution in [-0.4, -0.2) is 53.7 Å². The quantitative estimate of drug-likeness (QED) is 0.613. The van der Waals surface area contributed by atoms with Gasteiger partial charge in [0.15, 0.2) is 0 Å². The SMILES string of the molecule is O=C1CCC(N2C(=O)c3ccc(CNCC4CC5CCC4NC5)cc3C2=O)C(=O)N1. The van der Waals surface area contributed by atoms with E-state index in [4.69, 9.17) is 0 Å². The number of hydrogen-bond donors (Lipinski definition) is 3. The van der Waals surface area contributed by atoms with Crippen molar-refractivity contribution in [3.8, 4) is 0 Å². The summed E-state index contributed by atoms with van der Waals surface area (Å²) in [4.78, 5) is 50.2. The molecule has 3 N–H and O–H groups in total. The van der Waals surface area contributed by atoms with Gasteiger partial charge < -0.3 is 10.6 Å². The van der Waals surface area contributed by atoms with Gasteiger partial charge in [-0.2, -0.15) is 0 Å². The molecule has 4 aliphatic heterocycles. The largest absolute Gasteiger partial charge is 0.313 e. The number of fused-ring (bicyclic) bond motifs is 4. The van der Waals surface area contributed by atoms with Crippen LogP contribution >= 0.6 is 0 Å². The molecule has 0 radical (unpaired) electrons. The van der Waals surface area contributed by atoms with Crippen LogP contribution in [-0.2, 0) is 16.1 Å². The van der Waals surface area contributed by atoms with Gasteiger partial charge in [0.1, 0.15) is 6.04 Å². The zero-order chi connectivity index (χ0) is 20.8. The molecule has 1 aliphatic carbocycles. The van der Waals surface area contributed by atoms with Crippen molar-refractivity contribution in [2.24, 2.45) is 11.8 Å². The second-order valence-electron chi connectivity index (χ2n) is 8.91. The fourth-order valence-corrected chi connectivity index (χ4v) is 5.39. The first-order valence-corrected chi connectivity index (χ1v) is 10.8. The van der Waals surface area contributed by atoms with Crippen molar-refractivity contribution in [1.82, 2.24) is 20.9 Å². The molecule has 1 aromatic rings. The zero-order valence-corrected chi connectivity index (χ0v) is 16.8. The first kappa shape index (κ1) is 19.4. The highest BCUT2D eigenvalue weighted by molar-refractivity contribution is 6.23. The Kier molecular flexibility index (Phi) is 4.91. The van der Waals surface area contributed by atoms with Crippen LogP contribution in [0.5, 0.6) is 0 Å². The first-order valence-electron chi connectivity index (χ1n) is 10.8. The Bertz CT molecular complexity index is 922. The van der Waals surface area contributed by atoms with Gasteiger partial charge in [-0.15, -0.1) is 0 Å². The second kappa shape index (κ2) is 7.59. The molecule has 4 amide bonds. The number of carbonyl (C=O) groups excluding carboxylic acids is 4. The predicted molar refractivity (Wildman–Crippen MR) is 107 cm³/mol. The molecule has 1 saturated carbocycles. The van der Waals surface area contributed by atoms with Crippen molar-refractivity contribution in [3.05, 3.63) is 34.9 Å². The summed E-state index contributed by atoms with van der Waals surface area (Å²) in [5, 5.41) is 9.35. The topological polar surface area (TPSA) is 108 Å². The summed E-state index contributed by atoms with van der Waals surface area (Å²) < 4.78 is 0. The average molecular weight is 410 g/mol. The number of carbonyl (C=O) groups is 4. The average Bonchev–Trinajstić information content (AvgIpc) is 2.99. The lowest BCUT2D eigenvalue weighted by atomic mass is 9.74. The maximum atomic E-state index is 12.9. The van der Waals surface area contributed by atoms with Crippen LogP contribution in [0.2, 0.25) is 0 Å². The molecule has 1 aromatic carbocycles. The summed E-state index contributed by atoms with van der Waals surface area (Å²) in [6.07, 6.45) is 4.14. The van der Waals surface area contributed by atoms with E-state index in [1.54, 1.807) is 12.1 Å². The molecule has 8 nitrogen and oxygen atoms in total. The van der Waals surface area contributed by atoms with Gasteiger partial charge in [0.25, 0.3) is 11.8 Å². The van der Waals surface area contributed by atoms with E-state index < -0.39 is 23.8 Å². The highest BCUT2D eigenvalue weighted by Gasteiger charge is 2.44. The minimum atomic E-state index is -0.925. The molecular formula is C22H26N4O4. The molecule has 5 aliphatic rings. The molecule has 4 fully saturated rings. The Morgan fingerprint density at radius 1 is 1.03 bits per heavy atom. The fraction of sp³-hybridized carbons (Fsp3) is 0.545. The number of nitrogens with zero attached hydrogens (tertiary/aromatic N) is 1. The zero-order valence-electron chi connectivity index (χ0n) is 16.8. The number of rotatable bonds is 5. The third kappa shape index (κ3) is 3.33. The summed E-state index contributed by atoms with van der Waals surface area (Å²) in [6.45, 7) is 2.70. The van der Waals surface area contributed by atoms with Gasteiger partial charge in [0.05, 0.1) is 11.1 Å². The van der Waals surface area contributed by atoms with Crippen molar-refractivity contribution < 1.29 is 19.2 Å². The molecule has 6 rings (SSSR count). The summed E-state index contributed by atoms with van der Waals surface area (Å²) in [6, 6.07) is 4.95. The maximum absolute atomic E-state index is 12.9. The number of nitrogens with one attached hydrogen (secondary N) is 3. The van der Waals surface area contributed by atoms with Crippen LogP contribution in [0, 0.1) is 11.8 Å². The highest BCUT2D eigenvalue weighted by Crippen LogP contribution is 2.33. The Morgan fingerprint density at radius 3 is 2.57 bits per heavy atom. The summed E-state index contributed by atoms with van der Waals surface area (Å²) >= 11 is 0. The van der Waals surface area contributed by atoms with Gasteiger partial charge in [-0.25, -0.2) is 0 Å². The van der Waals surface area contributed by atoms with Crippen molar-refractivity contribution in [1.29, 1.82) is 0 Å². The molecule has 158 valence electrons. The Hall–Kier alpha value is -2.58. The molecule has 3 saturated heterocycles. The minimum absolute atomic E-state index is 0.122. The lowest BCUT2D eigenvalue weighted by molar-refractivity contribution is -0.136. The normalized spacial score (nSPS) is 30.6. The standard InChI is InChI=1S/C22H26N4O4/c27-19-6-5-18(20(28)25-19)26-21(29)15-3-1-13(8-16(15)22(26)30)9-23-11-14-7-12-2-4-17(14)24-10-12/h1,3,8,12,14,17-18,23-24H,2,4-7,9-11H2,(H,25,27,28). The lowest BCUT2D eigenvalue weighted by Crippen LogP contribution is -2.54. The van der Waals surface area contributed by atoms with E-state index in [0.29, 0.717) is 29.6 Å². The van der Waals surface area contributed by atoms with Crippen LogP contribution in [0.3, 0.4) is 0 Å². The summed E-state index contributed by atoms with van der Waals surface area (Å²) in [5.41, 5.74) is 1.60. The van der Waals surface area contributed by atoms with E-state index in [1.165, 1.54) is 19.3 Å². The number of hydrogen-bond acceptors (Lipinski definition) is 6. The Labute approximate surface area is 174 Å². The van der Waals surface area contributed by atoms with Gasteiger partial charge in [0, 0.05) is 19.0 Å². The highest BCUT2D eigenvalue weighted by atomic mass is 16.2. The van der Waals surface area contributed by atoms with E-state index in [0.717, 1.165) is 29.5 Å². The van der Waals surface area contributed by atoms with E-state index >= 15 is 0 Å². The van der Waals surface area contributed by atoms with Gasteiger partial charge >= 0.3 is 0 Å². The number of imide groups is 2. The van der Waals surface area contributed by atoms with Gasteiger partial charge in [0.2, 0.25) is 11.8 Å². The third-order valence-corrected chi connectivity index (χ3v) is 7.00.